The van der Waals surface area contributed by atoms with Crippen molar-refractivity contribution in [3.8, 4) is 0 Å². The molecule has 0 bridgehead atoms. The standard InChI is InChI=1S/C28H29N5O3/c1-19(2)33(22-14-8-5-9-15-22)25(34)18-32-24-17-11-10-16-23(24)29-20(3)26(27(32)35)31-28(36)30-21-12-6-4-7-13-21/h4-17,19,26H,18H2,1-3H3,(H2,30,31,36). The molecule has 0 aliphatic carbocycles. The molecule has 1 unspecified atom stereocenters. The first-order valence-corrected chi connectivity index (χ1v) is 11.8. The van der Waals surface area contributed by atoms with Crippen LogP contribution in [0, 0.1) is 0 Å². The van der Waals surface area contributed by atoms with Crippen molar-refractivity contribution in [1.29, 1.82) is 0 Å². The van der Waals surface area contributed by atoms with E-state index < -0.39 is 18.0 Å². The summed E-state index contributed by atoms with van der Waals surface area (Å²) in [5.74, 6) is -0.680. The molecular weight excluding hydrogens is 454 g/mol. The predicted octanol–water partition coefficient (Wildman–Crippen LogP) is 4.76. The van der Waals surface area contributed by atoms with Crippen molar-refractivity contribution in [1.82, 2.24) is 5.32 Å². The van der Waals surface area contributed by atoms with Crippen molar-refractivity contribution in [2.24, 2.45) is 4.99 Å². The van der Waals surface area contributed by atoms with E-state index in [2.05, 4.69) is 15.6 Å². The summed E-state index contributed by atoms with van der Waals surface area (Å²) in [6.07, 6.45) is 0. The van der Waals surface area contributed by atoms with Crippen LogP contribution in [-0.4, -0.2) is 42.2 Å². The number of amides is 4. The van der Waals surface area contributed by atoms with Crippen LogP contribution in [0.4, 0.5) is 27.5 Å². The van der Waals surface area contributed by atoms with E-state index >= 15 is 0 Å². The first-order chi connectivity index (χ1) is 17.3. The van der Waals surface area contributed by atoms with Crippen molar-refractivity contribution >= 4 is 46.3 Å². The Kier molecular flexibility index (Phi) is 7.44. The third-order valence-electron chi connectivity index (χ3n) is 5.82. The van der Waals surface area contributed by atoms with E-state index in [9.17, 15) is 14.4 Å². The number of rotatable bonds is 6. The molecule has 1 aliphatic heterocycles. The van der Waals surface area contributed by atoms with Crippen LogP contribution in [0.15, 0.2) is 89.9 Å². The lowest BCUT2D eigenvalue weighted by Crippen LogP contribution is -2.55. The van der Waals surface area contributed by atoms with Crippen LogP contribution in [-0.2, 0) is 9.59 Å². The van der Waals surface area contributed by atoms with E-state index in [-0.39, 0.29) is 18.5 Å². The lowest BCUT2D eigenvalue weighted by Gasteiger charge is -2.31. The van der Waals surface area contributed by atoms with Crippen molar-refractivity contribution in [3.05, 3.63) is 84.9 Å². The molecule has 0 aromatic heterocycles. The number of carbonyl (C=O) groups is 3. The number of anilines is 3. The Morgan fingerprint density at radius 2 is 1.56 bits per heavy atom. The van der Waals surface area contributed by atoms with Gasteiger partial charge in [0.1, 0.15) is 12.6 Å². The molecule has 0 saturated heterocycles. The van der Waals surface area contributed by atoms with Gasteiger partial charge in [-0.3, -0.25) is 19.5 Å². The molecule has 3 aromatic carbocycles. The van der Waals surface area contributed by atoms with Gasteiger partial charge in [-0.1, -0.05) is 48.5 Å². The molecule has 1 heterocycles. The van der Waals surface area contributed by atoms with Crippen LogP contribution in [0.1, 0.15) is 20.8 Å². The number of aliphatic imine (C=N–C) groups is 1. The van der Waals surface area contributed by atoms with Crippen molar-refractivity contribution in [2.45, 2.75) is 32.9 Å². The van der Waals surface area contributed by atoms with E-state index in [1.807, 2.05) is 56.3 Å². The van der Waals surface area contributed by atoms with Crippen molar-refractivity contribution < 1.29 is 14.4 Å². The first kappa shape index (κ1) is 24.7. The van der Waals surface area contributed by atoms with Crippen LogP contribution < -0.4 is 20.4 Å². The summed E-state index contributed by atoms with van der Waals surface area (Å²) in [7, 11) is 0. The average Bonchev–Trinajstić information content (AvgIpc) is 2.95. The van der Waals surface area contributed by atoms with E-state index in [4.69, 9.17) is 0 Å². The number of para-hydroxylation sites is 4. The summed E-state index contributed by atoms with van der Waals surface area (Å²) in [6, 6.07) is 23.7. The quantitative estimate of drug-likeness (QED) is 0.529. The molecule has 2 N–H and O–H groups in total. The third-order valence-corrected chi connectivity index (χ3v) is 5.82. The van der Waals surface area contributed by atoms with Gasteiger partial charge < -0.3 is 15.5 Å². The zero-order valence-electron chi connectivity index (χ0n) is 20.5. The zero-order valence-corrected chi connectivity index (χ0v) is 20.5. The minimum Gasteiger partial charge on any atom is -0.321 e. The van der Waals surface area contributed by atoms with Gasteiger partial charge in [-0.2, -0.15) is 0 Å². The van der Waals surface area contributed by atoms with E-state index in [0.717, 1.165) is 5.69 Å². The highest BCUT2D eigenvalue weighted by atomic mass is 16.2. The van der Waals surface area contributed by atoms with Gasteiger partial charge in [0, 0.05) is 23.1 Å². The second-order valence-electron chi connectivity index (χ2n) is 8.76. The second kappa shape index (κ2) is 10.9. The molecule has 0 radical (unpaired) electrons. The van der Waals surface area contributed by atoms with Crippen LogP contribution in [0.3, 0.4) is 0 Å². The number of nitrogens with zero attached hydrogens (tertiary/aromatic N) is 3. The average molecular weight is 484 g/mol. The highest BCUT2D eigenvalue weighted by Gasteiger charge is 2.35. The molecule has 36 heavy (non-hydrogen) atoms. The predicted molar refractivity (Wildman–Crippen MR) is 143 cm³/mol. The number of benzene rings is 3. The number of nitrogens with one attached hydrogen (secondary N) is 2. The molecule has 3 aromatic rings. The third kappa shape index (κ3) is 5.43. The second-order valence-corrected chi connectivity index (χ2v) is 8.76. The molecule has 8 nitrogen and oxygen atoms in total. The molecule has 4 amide bonds. The fourth-order valence-corrected chi connectivity index (χ4v) is 4.17. The van der Waals surface area contributed by atoms with Gasteiger partial charge in [-0.15, -0.1) is 0 Å². The summed E-state index contributed by atoms with van der Waals surface area (Å²) in [6.45, 7) is 5.34. The number of fused-ring (bicyclic) bond motifs is 1. The summed E-state index contributed by atoms with van der Waals surface area (Å²) < 4.78 is 0. The highest BCUT2D eigenvalue weighted by Crippen LogP contribution is 2.32. The summed E-state index contributed by atoms with van der Waals surface area (Å²) in [4.78, 5) is 47.8. The number of carbonyl (C=O) groups excluding carboxylic acids is 3. The fourth-order valence-electron chi connectivity index (χ4n) is 4.17. The van der Waals surface area contributed by atoms with E-state index in [1.54, 1.807) is 54.3 Å². The monoisotopic (exact) mass is 483 g/mol. The fraction of sp³-hybridized carbons (Fsp3) is 0.214. The summed E-state index contributed by atoms with van der Waals surface area (Å²) in [5.41, 5.74) is 2.84. The number of urea groups is 1. The topological polar surface area (TPSA) is 94.1 Å². The Morgan fingerprint density at radius 1 is 0.944 bits per heavy atom. The van der Waals surface area contributed by atoms with Crippen molar-refractivity contribution in [2.75, 3.05) is 21.7 Å². The van der Waals surface area contributed by atoms with Crippen LogP contribution in [0.5, 0.6) is 0 Å². The maximum atomic E-state index is 13.8. The zero-order chi connectivity index (χ0) is 25.7. The Bertz CT molecular complexity index is 1270. The summed E-state index contributed by atoms with van der Waals surface area (Å²) >= 11 is 0. The van der Waals surface area contributed by atoms with Crippen LogP contribution in [0.25, 0.3) is 0 Å². The van der Waals surface area contributed by atoms with Gasteiger partial charge in [0.05, 0.1) is 11.4 Å². The molecular formula is C28H29N5O3. The smallest absolute Gasteiger partial charge is 0.320 e. The molecule has 8 heteroatoms. The molecule has 1 aliphatic rings. The largest absolute Gasteiger partial charge is 0.321 e. The molecule has 0 saturated carbocycles. The van der Waals surface area contributed by atoms with Crippen LogP contribution >= 0.6 is 0 Å². The lowest BCUT2D eigenvalue weighted by molar-refractivity contribution is -0.122. The molecule has 1 atom stereocenters. The highest BCUT2D eigenvalue weighted by molar-refractivity contribution is 6.20. The van der Waals surface area contributed by atoms with Gasteiger partial charge in [-0.05, 0) is 57.2 Å². The molecule has 4 rings (SSSR count). The Labute approximate surface area is 210 Å². The van der Waals surface area contributed by atoms with Gasteiger partial charge in [-0.25, -0.2) is 4.79 Å². The SMILES string of the molecule is CC1=Nc2ccccc2N(CC(=O)N(c2ccccc2)C(C)C)C(=O)C1NC(=O)Nc1ccccc1. The maximum Gasteiger partial charge on any atom is 0.320 e. The minimum absolute atomic E-state index is 0.124. The van der Waals surface area contributed by atoms with Gasteiger partial charge in [0.15, 0.2) is 0 Å². The number of hydrogen-bond donors (Lipinski definition) is 2. The number of hydrogen-bond acceptors (Lipinski definition) is 4. The molecule has 184 valence electrons. The Morgan fingerprint density at radius 3 is 2.22 bits per heavy atom. The van der Waals surface area contributed by atoms with Gasteiger partial charge in [0.25, 0.3) is 5.91 Å². The molecule has 0 fully saturated rings. The first-order valence-electron chi connectivity index (χ1n) is 11.8. The lowest BCUT2D eigenvalue weighted by atomic mass is 10.1. The van der Waals surface area contributed by atoms with Crippen molar-refractivity contribution in [3.63, 3.8) is 0 Å². The normalized spacial score (nSPS) is 15.0. The Balaban J connectivity index is 1.63. The maximum absolute atomic E-state index is 13.8. The Hall–Kier alpha value is -4.46. The van der Waals surface area contributed by atoms with Crippen LogP contribution in [0.2, 0.25) is 0 Å². The summed E-state index contributed by atoms with van der Waals surface area (Å²) in [5, 5.41) is 5.46. The van der Waals surface area contributed by atoms with Gasteiger partial charge in [0.2, 0.25) is 5.91 Å². The molecule has 0 spiro atoms. The van der Waals surface area contributed by atoms with E-state index in [1.165, 1.54) is 4.90 Å². The van der Waals surface area contributed by atoms with E-state index in [0.29, 0.717) is 22.8 Å². The minimum atomic E-state index is -1.04. The van der Waals surface area contributed by atoms with Gasteiger partial charge >= 0.3 is 6.03 Å².